The summed E-state index contributed by atoms with van der Waals surface area (Å²) in [6.07, 6.45) is 3.18. The second-order valence-electron chi connectivity index (χ2n) is 5.35. The summed E-state index contributed by atoms with van der Waals surface area (Å²) in [6, 6.07) is 5.38. The van der Waals surface area contributed by atoms with Gasteiger partial charge in [-0.05, 0) is 32.9 Å². The molecule has 0 aliphatic carbocycles. The van der Waals surface area contributed by atoms with E-state index in [1.807, 2.05) is 13.8 Å². The SMILES string of the molecule is CC(C)n1nccc1NC(=O)[C@@H](C)Sc1nnc(-c2ccco2)o1. The van der Waals surface area contributed by atoms with E-state index in [1.165, 1.54) is 18.0 Å². The number of thioether (sulfide) groups is 1. The molecule has 0 aliphatic rings. The Balaban J connectivity index is 1.63. The quantitative estimate of drug-likeness (QED) is 0.683. The lowest BCUT2D eigenvalue weighted by Gasteiger charge is -2.13. The summed E-state index contributed by atoms with van der Waals surface area (Å²) in [6.45, 7) is 5.76. The van der Waals surface area contributed by atoms with Crippen molar-refractivity contribution in [2.45, 2.75) is 37.3 Å². The minimum atomic E-state index is -0.412. The summed E-state index contributed by atoms with van der Waals surface area (Å²) in [4.78, 5) is 12.3. The number of hydrogen-bond acceptors (Lipinski definition) is 7. The molecule has 0 unspecified atom stereocenters. The molecular formula is C15H17N5O3S. The molecule has 3 aromatic rings. The van der Waals surface area contributed by atoms with Crippen molar-refractivity contribution >= 4 is 23.5 Å². The molecule has 0 saturated carbocycles. The Bertz CT molecular complexity index is 809. The van der Waals surface area contributed by atoms with Crippen molar-refractivity contribution in [1.29, 1.82) is 0 Å². The third kappa shape index (κ3) is 3.51. The molecule has 126 valence electrons. The van der Waals surface area contributed by atoms with Gasteiger partial charge in [0.05, 0.1) is 17.7 Å². The summed E-state index contributed by atoms with van der Waals surface area (Å²) in [5.74, 6) is 1.27. The van der Waals surface area contributed by atoms with Crippen LogP contribution in [-0.2, 0) is 4.79 Å². The highest BCUT2D eigenvalue weighted by atomic mass is 32.2. The smallest absolute Gasteiger partial charge is 0.284 e. The standard InChI is InChI=1S/C15H17N5O3S/c1-9(2)20-12(6-7-16-20)17-13(21)10(3)24-15-19-18-14(23-15)11-5-4-8-22-11/h4-10H,1-3H3,(H,17,21)/t10-/m1/s1. The molecular weight excluding hydrogens is 330 g/mol. The lowest BCUT2D eigenvalue weighted by molar-refractivity contribution is -0.115. The van der Waals surface area contributed by atoms with Crippen molar-refractivity contribution in [3.8, 4) is 11.7 Å². The summed E-state index contributed by atoms with van der Waals surface area (Å²) >= 11 is 1.18. The van der Waals surface area contributed by atoms with Crippen LogP contribution in [0.4, 0.5) is 5.82 Å². The average molecular weight is 347 g/mol. The van der Waals surface area contributed by atoms with E-state index in [4.69, 9.17) is 8.83 Å². The molecule has 0 aromatic carbocycles. The zero-order chi connectivity index (χ0) is 17.1. The summed E-state index contributed by atoms with van der Waals surface area (Å²) in [5.41, 5.74) is 0. The Morgan fingerprint density at radius 1 is 1.29 bits per heavy atom. The van der Waals surface area contributed by atoms with Crippen LogP contribution in [0.15, 0.2) is 44.7 Å². The molecule has 3 heterocycles. The van der Waals surface area contributed by atoms with Gasteiger partial charge in [0.15, 0.2) is 5.76 Å². The first-order valence-electron chi connectivity index (χ1n) is 7.43. The lowest BCUT2D eigenvalue weighted by atomic mass is 10.4. The number of carbonyl (C=O) groups excluding carboxylic acids is 1. The molecule has 0 saturated heterocycles. The first-order chi connectivity index (χ1) is 11.5. The normalized spacial score (nSPS) is 12.5. The number of amides is 1. The Hall–Kier alpha value is -2.55. The Kier molecular flexibility index (Phi) is 4.70. The van der Waals surface area contributed by atoms with Gasteiger partial charge in [-0.25, -0.2) is 4.68 Å². The zero-order valence-corrected chi connectivity index (χ0v) is 14.3. The Labute approximate surface area is 142 Å². The molecule has 24 heavy (non-hydrogen) atoms. The maximum atomic E-state index is 12.3. The van der Waals surface area contributed by atoms with Gasteiger partial charge in [0.2, 0.25) is 5.91 Å². The number of aromatic nitrogens is 4. The number of nitrogens with one attached hydrogen (secondary N) is 1. The van der Waals surface area contributed by atoms with Crippen molar-refractivity contribution < 1.29 is 13.6 Å². The fourth-order valence-corrected chi connectivity index (χ4v) is 2.70. The summed E-state index contributed by atoms with van der Waals surface area (Å²) in [7, 11) is 0. The van der Waals surface area contributed by atoms with E-state index in [0.717, 1.165) is 0 Å². The number of carbonyl (C=O) groups is 1. The van der Waals surface area contributed by atoms with Gasteiger partial charge in [-0.3, -0.25) is 4.79 Å². The van der Waals surface area contributed by atoms with Crippen LogP contribution in [-0.4, -0.2) is 31.1 Å². The highest BCUT2D eigenvalue weighted by Crippen LogP contribution is 2.27. The molecule has 8 nitrogen and oxygen atoms in total. The minimum Gasteiger partial charge on any atom is -0.459 e. The van der Waals surface area contributed by atoms with Crippen LogP contribution in [0.2, 0.25) is 0 Å². The average Bonchev–Trinajstić information content (AvgIpc) is 3.28. The number of nitrogens with zero attached hydrogens (tertiary/aromatic N) is 4. The Morgan fingerprint density at radius 3 is 2.83 bits per heavy atom. The van der Waals surface area contributed by atoms with Crippen LogP contribution in [0.1, 0.15) is 26.8 Å². The highest BCUT2D eigenvalue weighted by Gasteiger charge is 2.20. The van der Waals surface area contributed by atoms with Crippen molar-refractivity contribution in [2.24, 2.45) is 0 Å². The van der Waals surface area contributed by atoms with E-state index >= 15 is 0 Å². The molecule has 0 aliphatic heterocycles. The van der Waals surface area contributed by atoms with Crippen LogP contribution >= 0.6 is 11.8 Å². The van der Waals surface area contributed by atoms with E-state index in [9.17, 15) is 4.79 Å². The van der Waals surface area contributed by atoms with Crippen LogP contribution in [0, 0.1) is 0 Å². The van der Waals surface area contributed by atoms with E-state index in [1.54, 1.807) is 36.0 Å². The molecule has 1 N–H and O–H groups in total. The third-order valence-electron chi connectivity index (χ3n) is 3.20. The fraction of sp³-hybridized carbons (Fsp3) is 0.333. The van der Waals surface area contributed by atoms with Gasteiger partial charge in [-0.1, -0.05) is 11.8 Å². The predicted octanol–water partition coefficient (Wildman–Crippen LogP) is 3.23. The molecule has 1 atom stereocenters. The van der Waals surface area contributed by atoms with E-state index in [2.05, 4.69) is 20.6 Å². The summed E-state index contributed by atoms with van der Waals surface area (Å²) < 4.78 is 12.4. The van der Waals surface area contributed by atoms with Crippen LogP contribution in [0.5, 0.6) is 0 Å². The first kappa shape index (κ1) is 16.3. The Morgan fingerprint density at radius 2 is 2.12 bits per heavy atom. The largest absolute Gasteiger partial charge is 0.459 e. The third-order valence-corrected chi connectivity index (χ3v) is 4.13. The number of furan rings is 1. The van der Waals surface area contributed by atoms with Gasteiger partial charge in [0.1, 0.15) is 5.82 Å². The van der Waals surface area contributed by atoms with E-state index < -0.39 is 5.25 Å². The molecule has 0 bridgehead atoms. The zero-order valence-electron chi connectivity index (χ0n) is 13.5. The maximum Gasteiger partial charge on any atom is 0.284 e. The van der Waals surface area contributed by atoms with Gasteiger partial charge in [0.25, 0.3) is 11.1 Å². The van der Waals surface area contributed by atoms with Crippen molar-refractivity contribution in [3.63, 3.8) is 0 Å². The fourth-order valence-electron chi connectivity index (χ4n) is 2.01. The second-order valence-corrected chi connectivity index (χ2v) is 6.65. The van der Waals surface area contributed by atoms with E-state index in [-0.39, 0.29) is 17.8 Å². The van der Waals surface area contributed by atoms with Gasteiger partial charge in [-0.2, -0.15) is 5.10 Å². The topological polar surface area (TPSA) is 99.0 Å². The second kappa shape index (κ2) is 6.91. The number of anilines is 1. The van der Waals surface area contributed by atoms with Crippen LogP contribution in [0.25, 0.3) is 11.7 Å². The summed E-state index contributed by atoms with van der Waals surface area (Å²) in [5, 5.41) is 14.8. The predicted molar refractivity (Wildman–Crippen MR) is 88.6 cm³/mol. The van der Waals surface area contributed by atoms with E-state index in [0.29, 0.717) is 16.8 Å². The van der Waals surface area contributed by atoms with Crippen molar-refractivity contribution in [1.82, 2.24) is 20.0 Å². The molecule has 1 amide bonds. The number of hydrogen-bond donors (Lipinski definition) is 1. The monoisotopic (exact) mass is 347 g/mol. The van der Waals surface area contributed by atoms with Crippen LogP contribution < -0.4 is 5.32 Å². The minimum absolute atomic E-state index is 0.157. The van der Waals surface area contributed by atoms with Crippen LogP contribution in [0.3, 0.4) is 0 Å². The molecule has 0 radical (unpaired) electrons. The van der Waals surface area contributed by atoms with Crippen molar-refractivity contribution in [2.75, 3.05) is 5.32 Å². The molecule has 9 heteroatoms. The van der Waals surface area contributed by atoms with Gasteiger partial charge in [-0.15, -0.1) is 10.2 Å². The van der Waals surface area contributed by atoms with Gasteiger partial charge in [0, 0.05) is 12.1 Å². The molecule has 0 fully saturated rings. The van der Waals surface area contributed by atoms with Gasteiger partial charge < -0.3 is 14.2 Å². The molecule has 3 aromatic heterocycles. The maximum absolute atomic E-state index is 12.3. The molecule has 3 rings (SSSR count). The lowest BCUT2D eigenvalue weighted by Crippen LogP contribution is -2.24. The van der Waals surface area contributed by atoms with Crippen molar-refractivity contribution in [3.05, 3.63) is 30.7 Å². The highest BCUT2D eigenvalue weighted by molar-refractivity contribution is 8.00. The first-order valence-corrected chi connectivity index (χ1v) is 8.31. The number of rotatable bonds is 6. The van der Waals surface area contributed by atoms with Gasteiger partial charge >= 0.3 is 0 Å². The molecule has 0 spiro atoms.